The number of aromatic nitrogens is 2. The quantitative estimate of drug-likeness (QED) is 0.503. The van der Waals surface area contributed by atoms with Crippen LogP contribution in [0, 0.1) is 17.5 Å². The maximum atomic E-state index is 13.6. The molecule has 130 valence electrons. The van der Waals surface area contributed by atoms with Gasteiger partial charge in [-0.25, -0.2) is 18.2 Å². The van der Waals surface area contributed by atoms with E-state index in [-0.39, 0.29) is 0 Å². The van der Waals surface area contributed by atoms with Crippen molar-refractivity contribution in [3.05, 3.63) is 52.8 Å². The lowest BCUT2D eigenvalue weighted by molar-refractivity contribution is -0.115. The first kappa shape index (κ1) is 17.6. The largest absolute Gasteiger partial charge is 0.333 e. The van der Waals surface area contributed by atoms with Gasteiger partial charge in [0.2, 0.25) is 5.91 Å². The summed E-state index contributed by atoms with van der Waals surface area (Å²) in [5, 5.41) is 2.60. The first-order valence-electron chi connectivity index (χ1n) is 7.11. The zero-order valence-electron chi connectivity index (χ0n) is 12.7. The van der Waals surface area contributed by atoms with E-state index in [4.69, 9.17) is 11.6 Å². The van der Waals surface area contributed by atoms with Crippen LogP contribution in [-0.2, 0) is 4.79 Å². The van der Waals surface area contributed by atoms with Crippen LogP contribution in [0.1, 0.15) is 6.92 Å². The number of aromatic amines is 1. The molecule has 1 heterocycles. The van der Waals surface area contributed by atoms with Gasteiger partial charge in [-0.05, 0) is 37.3 Å². The first-order valence-corrected chi connectivity index (χ1v) is 8.37. The Labute approximate surface area is 149 Å². The third kappa shape index (κ3) is 3.74. The van der Waals surface area contributed by atoms with E-state index in [1.54, 1.807) is 25.1 Å². The summed E-state index contributed by atoms with van der Waals surface area (Å²) in [6, 6.07) is 6.84. The molecular weight excluding hydrogens is 375 g/mol. The minimum Gasteiger partial charge on any atom is -0.333 e. The van der Waals surface area contributed by atoms with Gasteiger partial charge >= 0.3 is 0 Å². The van der Waals surface area contributed by atoms with E-state index in [9.17, 15) is 18.0 Å². The van der Waals surface area contributed by atoms with E-state index in [1.165, 1.54) is 0 Å². The molecular formula is C16H11ClF3N3OS. The standard InChI is InChI=1S/C16H11ClF3N3OS/c1-7(15(24)21-11-5-3-9(18)13(19)14(11)20)25-16-22-10-4-2-8(17)6-12(10)23-16/h2-7H,1H3,(H,21,24)(H,22,23). The molecule has 0 saturated heterocycles. The van der Waals surface area contributed by atoms with E-state index < -0.39 is 34.3 Å². The third-order valence-corrected chi connectivity index (χ3v) is 4.59. The molecule has 1 amide bonds. The summed E-state index contributed by atoms with van der Waals surface area (Å²) < 4.78 is 39.8. The van der Waals surface area contributed by atoms with Crippen LogP contribution < -0.4 is 5.32 Å². The van der Waals surface area contributed by atoms with Crippen molar-refractivity contribution in [3.8, 4) is 0 Å². The average Bonchev–Trinajstić information content (AvgIpc) is 2.96. The number of nitrogens with one attached hydrogen (secondary N) is 2. The maximum Gasteiger partial charge on any atom is 0.237 e. The highest BCUT2D eigenvalue weighted by Crippen LogP contribution is 2.26. The highest BCUT2D eigenvalue weighted by molar-refractivity contribution is 8.00. The molecule has 0 bridgehead atoms. The lowest BCUT2D eigenvalue weighted by Crippen LogP contribution is -2.23. The third-order valence-electron chi connectivity index (χ3n) is 3.37. The van der Waals surface area contributed by atoms with Gasteiger partial charge in [0.25, 0.3) is 0 Å². The molecule has 1 atom stereocenters. The number of thioether (sulfide) groups is 1. The minimum absolute atomic E-state index is 0.423. The van der Waals surface area contributed by atoms with Gasteiger partial charge < -0.3 is 10.3 Å². The normalized spacial score (nSPS) is 12.4. The number of anilines is 1. The van der Waals surface area contributed by atoms with Crippen molar-refractivity contribution >= 4 is 46.0 Å². The van der Waals surface area contributed by atoms with Crippen LogP contribution in [0.2, 0.25) is 5.02 Å². The number of hydrogen-bond acceptors (Lipinski definition) is 3. The number of benzene rings is 2. The van der Waals surface area contributed by atoms with Gasteiger partial charge in [-0.2, -0.15) is 0 Å². The van der Waals surface area contributed by atoms with E-state index in [0.717, 1.165) is 23.9 Å². The summed E-state index contributed by atoms with van der Waals surface area (Å²) in [6.45, 7) is 1.58. The molecule has 2 N–H and O–H groups in total. The zero-order chi connectivity index (χ0) is 18.1. The molecule has 0 fully saturated rings. The van der Waals surface area contributed by atoms with Crippen LogP contribution in [0.5, 0.6) is 0 Å². The molecule has 0 aliphatic heterocycles. The molecule has 2 aromatic carbocycles. The SMILES string of the molecule is CC(Sc1nc2ccc(Cl)cc2[nH]1)C(=O)Nc1ccc(F)c(F)c1F. The van der Waals surface area contributed by atoms with E-state index in [1.807, 2.05) is 0 Å². The summed E-state index contributed by atoms with van der Waals surface area (Å²) in [5.74, 6) is -4.97. The topological polar surface area (TPSA) is 57.8 Å². The van der Waals surface area contributed by atoms with Crippen LogP contribution in [0.3, 0.4) is 0 Å². The fourth-order valence-electron chi connectivity index (χ4n) is 2.09. The Kier molecular flexibility index (Phi) is 4.91. The monoisotopic (exact) mass is 385 g/mol. The molecule has 1 aromatic heterocycles. The summed E-state index contributed by atoms with van der Waals surface area (Å²) in [6.07, 6.45) is 0. The summed E-state index contributed by atoms with van der Waals surface area (Å²) >= 11 is 7.01. The van der Waals surface area contributed by atoms with Crippen LogP contribution in [0.4, 0.5) is 18.9 Å². The number of imidazole rings is 1. The van der Waals surface area contributed by atoms with Crippen molar-refractivity contribution < 1.29 is 18.0 Å². The van der Waals surface area contributed by atoms with Gasteiger partial charge in [0.1, 0.15) is 0 Å². The summed E-state index contributed by atoms with van der Waals surface area (Å²) in [7, 11) is 0. The van der Waals surface area contributed by atoms with Gasteiger partial charge in [0.05, 0.1) is 22.0 Å². The Morgan fingerprint density at radius 3 is 2.76 bits per heavy atom. The lowest BCUT2D eigenvalue weighted by Gasteiger charge is -2.11. The fraction of sp³-hybridized carbons (Fsp3) is 0.125. The molecule has 1 unspecified atom stereocenters. The molecule has 3 rings (SSSR count). The van der Waals surface area contributed by atoms with E-state index >= 15 is 0 Å². The number of fused-ring (bicyclic) bond motifs is 1. The highest BCUT2D eigenvalue weighted by atomic mass is 35.5. The van der Waals surface area contributed by atoms with Crippen LogP contribution in [0.15, 0.2) is 35.5 Å². The van der Waals surface area contributed by atoms with Gasteiger partial charge in [-0.15, -0.1) is 0 Å². The molecule has 0 aliphatic carbocycles. The van der Waals surface area contributed by atoms with Gasteiger partial charge in [-0.3, -0.25) is 4.79 Å². The smallest absolute Gasteiger partial charge is 0.237 e. The highest BCUT2D eigenvalue weighted by Gasteiger charge is 2.20. The Hall–Kier alpha value is -2.19. The number of amides is 1. The lowest BCUT2D eigenvalue weighted by atomic mass is 10.2. The predicted octanol–water partition coefficient (Wildman–Crippen LogP) is 4.75. The molecule has 0 saturated carbocycles. The van der Waals surface area contributed by atoms with Gasteiger partial charge in [0, 0.05) is 5.02 Å². The number of halogens is 4. The number of H-pyrrole nitrogens is 1. The Morgan fingerprint density at radius 1 is 1.24 bits per heavy atom. The molecule has 9 heteroatoms. The van der Waals surface area contributed by atoms with Gasteiger partial charge in [0.15, 0.2) is 22.6 Å². The molecule has 25 heavy (non-hydrogen) atoms. The number of hydrogen-bond donors (Lipinski definition) is 2. The average molecular weight is 386 g/mol. The predicted molar refractivity (Wildman–Crippen MR) is 91.4 cm³/mol. The van der Waals surface area contributed by atoms with Crippen LogP contribution in [0.25, 0.3) is 11.0 Å². The molecule has 4 nitrogen and oxygen atoms in total. The summed E-state index contributed by atoms with van der Waals surface area (Å²) in [4.78, 5) is 19.5. The zero-order valence-corrected chi connectivity index (χ0v) is 14.3. The van der Waals surface area contributed by atoms with Crippen molar-refractivity contribution in [3.63, 3.8) is 0 Å². The Balaban J connectivity index is 1.72. The van der Waals surface area contributed by atoms with Crippen molar-refractivity contribution in [1.29, 1.82) is 0 Å². The molecule has 0 radical (unpaired) electrons. The molecule has 3 aromatic rings. The van der Waals surface area contributed by atoms with Crippen molar-refractivity contribution in [2.45, 2.75) is 17.3 Å². The van der Waals surface area contributed by atoms with Crippen molar-refractivity contribution in [1.82, 2.24) is 9.97 Å². The second-order valence-corrected chi connectivity index (χ2v) is 6.94. The Bertz CT molecular complexity index is 963. The number of carbonyl (C=O) groups excluding carboxylic acids is 1. The fourth-order valence-corrected chi connectivity index (χ4v) is 3.08. The maximum absolute atomic E-state index is 13.6. The van der Waals surface area contributed by atoms with Crippen molar-refractivity contribution in [2.75, 3.05) is 5.32 Å². The number of rotatable bonds is 4. The minimum atomic E-state index is -1.63. The van der Waals surface area contributed by atoms with E-state index in [0.29, 0.717) is 21.2 Å². The van der Waals surface area contributed by atoms with Gasteiger partial charge in [-0.1, -0.05) is 23.4 Å². The molecule has 0 spiro atoms. The van der Waals surface area contributed by atoms with E-state index in [2.05, 4.69) is 15.3 Å². The van der Waals surface area contributed by atoms with Crippen molar-refractivity contribution in [2.24, 2.45) is 0 Å². The second kappa shape index (κ2) is 6.97. The molecule has 0 aliphatic rings. The van der Waals surface area contributed by atoms with Crippen LogP contribution in [-0.4, -0.2) is 21.1 Å². The number of carbonyl (C=O) groups is 1. The Morgan fingerprint density at radius 2 is 2.00 bits per heavy atom. The first-order chi connectivity index (χ1) is 11.8. The summed E-state index contributed by atoms with van der Waals surface area (Å²) in [5.41, 5.74) is 0.980. The number of nitrogens with zero attached hydrogens (tertiary/aromatic N) is 1. The second-order valence-electron chi connectivity index (χ2n) is 5.18. The van der Waals surface area contributed by atoms with Crippen LogP contribution >= 0.6 is 23.4 Å².